The van der Waals surface area contributed by atoms with Gasteiger partial charge < -0.3 is 17.0 Å². The Balaban J connectivity index is 0.00000121. The molecular weight excluding hydrogens is 214 g/mol. The molecule has 1 nitrogen and oxygen atoms in total. The zero-order valence-corrected chi connectivity index (χ0v) is 9.55. The molecule has 1 atom stereocenters. The lowest BCUT2D eigenvalue weighted by atomic mass is 10.2. The van der Waals surface area contributed by atoms with Gasteiger partial charge in [-0.25, -0.2) is 0 Å². The Morgan fingerprint density at radius 1 is 1.33 bits per heavy atom. The Bertz CT molecular complexity index is 175. The van der Waals surface area contributed by atoms with Crippen LogP contribution in [0.2, 0.25) is 0 Å². The van der Waals surface area contributed by atoms with Crippen molar-refractivity contribution in [1.29, 1.82) is 0 Å². The van der Waals surface area contributed by atoms with Crippen LogP contribution in [0.5, 0.6) is 0 Å². The monoisotopic (exact) mass is 231 g/mol. The first-order valence-corrected chi connectivity index (χ1v) is 4.45. The summed E-state index contributed by atoms with van der Waals surface area (Å²) in [5.74, 6) is 0. The first-order chi connectivity index (χ1) is 5.27. The molecule has 1 rings (SSSR count). The minimum Gasteiger partial charge on any atom is -1.00 e. The van der Waals surface area contributed by atoms with E-state index in [4.69, 9.17) is 0 Å². The van der Waals surface area contributed by atoms with E-state index in [9.17, 15) is 0 Å². The smallest absolute Gasteiger partial charge is 0.102 e. The zero-order chi connectivity index (χ0) is 8.16. The first kappa shape index (κ1) is 11.9. The molecule has 0 radical (unpaired) electrons. The highest BCUT2D eigenvalue weighted by atomic mass is 79.9. The normalized spacial score (nSPS) is 26.8. The van der Waals surface area contributed by atoms with Crippen LogP contribution >= 0.6 is 0 Å². The van der Waals surface area contributed by atoms with Crippen LogP contribution in [0.1, 0.15) is 19.8 Å². The molecule has 1 unspecified atom stereocenters. The average molecular weight is 232 g/mol. The Labute approximate surface area is 86.1 Å². The second kappa shape index (κ2) is 5.55. The maximum absolute atomic E-state index is 2.29. The molecule has 0 N–H and O–H groups in total. The molecule has 1 aliphatic heterocycles. The van der Waals surface area contributed by atoms with Gasteiger partial charge in [-0.1, -0.05) is 19.4 Å². The van der Waals surface area contributed by atoms with E-state index in [0.29, 0.717) is 0 Å². The second-order valence-electron chi connectivity index (χ2n) is 3.51. The summed E-state index contributed by atoms with van der Waals surface area (Å²) in [6, 6.07) is 0. The van der Waals surface area contributed by atoms with E-state index in [-0.39, 0.29) is 17.0 Å². The van der Waals surface area contributed by atoms with Crippen LogP contribution in [-0.2, 0) is 0 Å². The van der Waals surface area contributed by atoms with Gasteiger partial charge in [-0.3, -0.25) is 4.48 Å². The fraction of sp³-hybridized carbons (Fsp3) is 0.600. The van der Waals surface area contributed by atoms with Crippen LogP contribution in [0.4, 0.5) is 0 Å². The Morgan fingerprint density at radius 3 is 2.58 bits per heavy atom. The molecule has 0 aliphatic carbocycles. The van der Waals surface area contributed by atoms with Gasteiger partial charge in [0.2, 0.25) is 0 Å². The number of rotatable bonds is 3. The van der Waals surface area contributed by atoms with Gasteiger partial charge in [-0.15, -0.1) is 0 Å². The maximum Gasteiger partial charge on any atom is 0.102 e. The van der Waals surface area contributed by atoms with Gasteiger partial charge in [-0.2, -0.15) is 0 Å². The third-order valence-corrected chi connectivity index (χ3v) is 2.24. The third-order valence-electron chi connectivity index (χ3n) is 2.24. The van der Waals surface area contributed by atoms with Gasteiger partial charge in [0.15, 0.2) is 0 Å². The van der Waals surface area contributed by atoms with Crippen molar-refractivity contribution in [3.8, 4) is 0 Å². The van der Waals surface area contributed by atoms with Crippen molar-refractivity contribution in [1.82, 2.24) is 0 Å². The van der Waals surface area contributed by atoms with Gasteiger partial charge in [0, 0.05) is 0 Å². The van der Waals surface area contributed by atoms with Crippen LogP contribution in [0.15, 0.2) is 24.4 Å². The molecule has 1 heterocycles. The lowest BCUT2D eigenvalue weighted by Gasteiger charge is -2.30. The quantitative estimate of drug-likeness (QED) is 0.566. The van der Waals surface area contributed by atoms with Gasteiger partial charge >= 0.3 is 0 Å². The van der Waals surface area contributed by atoms with E-state index >= 15 is 0 Å². The number of allylic oxidation sites excluding steroid dienone is 2. The van der Waals surface area contributed by atoms with Crippen LogP contribution in [0.25, 0.3) is 0 Å². The van der Waals surface area contributed by atoms with Crippen molar-refractivity contribution in [2.24, 2.45) is 0 Å². The average Bonchev–Trinajstić information content (AvgIpc) is 2.03. The summed E-state index contributed by atoms with van der Waals surface area (Å²) < 4.78 is 1.09. The van der Waals surface area contributed by atoms with E-state index in [1.807, 2.05) is 0 Å². The lowest BCUT2D eigenvalue weighted by molar-refractivity contribution is -0.854. The number of halogens is 1. The number of unbranched alkanes of at least 4 members (excludes halogenated alkanes) is 1. The van der Waals surface area contributed by atoms with Gasteiger partial charge in [-0.05, 0) is 18.6 Å². The topological polar surface area (TPSA) is 0 Å². The summed E-state index contributed by atoms with van der Waals surface area (Å²) in [6.45, 7) is 4.68. The Hall–Kier alpha value is -0.0800. The highest BCUT2D eigenvalue weighted by molar-refractivity contribution is 5.03. The molecule has 0 fully saturated rings. The highest BCUT2D eigenvalue weighted by Crippen LogP contribution is 2.10. The molecule has 0 amide bonds. The highest BCUT2D eigenvalue weighted by Gasteiger charge is 2.16. The number of hydrogen-bond acceptors (Lipinski definition) is 0. The molecule has 1 aliphatic rings. The van der Waals surface area contributed by atoms with Crippen molar-refractivity contribution in [2.75, 3.05) is 20.1 Å². The minimum atomic E-state index is 0. The van der Waals surface area contributed by atoms with Crippen molar-refractivity contribution in [2.45, 2.75) is 19.8 Å². The molecule has 0 saturated carbocycles. The van der Waals surface area contributed by atoms with Crippen LogP contribution in [0, 0.1) is 0 Å². The molecule has 70 valence electrons. The molecule has 0 saturated heterocycles. The van der Waals surface area contributed by atoms with Crippen LogP contribution in [0.3, 0.4) is 0 Å². The summed E-state index contributed by atoms with van der Waals surface area (Å²) in [5, 5.41) is 0. The van der Waals surface area contributed by atoms with E-state index in [0.717, 1.165) is 11.0 Å². The van der Waals surface area contributed by atoms with Gasteiger partial charge in [0.05, 0.1) is 19.8 Å². The fourth-order valence-corrected chi connectivity index (χ4v) is 1.38. The summed E-state index contributed by atoms with van der Waals surface area (Å²) in [5.41, 5.74) is 0. The predicted octanol–water partition coefficient (Wildman–Crippen LogP) is -0.679. The largest absolute Gasteiger partial charge is 1.00 e. The fourth-order valence-electron chi connectivity index (χ4n) is 1.38. The summed E-state index contributed by atoms with van der Waals surface area (Å²) in [7, 11) is 2.29. The SMILES string of the molecule is CCCC[N+]1(C)C=CC=CC1.[Br-]. The summed E-state index contributed by atoms with van der Waals surface area (Å²) in [4.78, 5) is 0. The molecule has 0 spiro atoms. The van der Waals surface area contributed by atoms with E-state index in [1.54, 1.807) is 0 Å². The molecular formula is C10H18BrN. The van der Waals surface area contributed by atoms with Crippen molar-refractivity contribution >= 4 is 0 Å². The minimum absolute atomic E-state index is 0. The summed E-state index contributed by atoms with van der Waals surface area (Å²) >= 11 is 0. The van der Waals surface area contributed by atoms with E-state index < -0.39 is 0 Å². The van der Waals surface area contributed by atoms with Crippen LogP contribution < -0.4 is 17.0 Å². The number of nitrogens with zero attached hydrogens (tertiary/aromatic N) is 1. The van der Waals surface area contributed by atoms with Crippen molar-refractivity contribution in [3.63, 3.8) is 0 Å². The van der Waals surface area contributed by atoms with E-state index in [1.165, 1.54) is 19.4 Å². The molecule has 0 aromatic heterocycles. The summed E-state index contributed by atoms with van der Waals surface area (Å²) in [6.07, 6.45) is 11.4. The lowest BCUT2D eigenvalue weighted by Crippen LogP contribution is -3.00. The van der Waals surface area contributed by atoms with Gasteiger partial charge in [0.25, 0.3) is 0 Å². The number of quaternary nitrogens is 1. The molecule has 0 bridgehead atoms. The standard InChI is InChI=1S/C10H18N.BrH/c1-3-4-8-11(2)9-6-5-7-10-11;/h5-7,9H,3-4,8,10H2,1-2H3;1H/q+1;/p-1. The molecule has 0 aromatic rings. The van der Waals surface area contributed by atoms with E-state index in [2.05, 4.69) is 38.4 Å². The second-order valence-corrected chi connectivity index (χ2v) is 3.51. The molecule has 12 heavy (non-hydrogen) atoms. The number of likely N-dealkylation sites (N-methyl/N-ethyl adjacent to an activating group) is 1. The zero-order valence-electron chi connectivity index (χ0n) is 7.96. The molecule has 2 heteroatoms. The predicted molar refractivity (Wildman–Crippen MR) is 49.1 cm³/mol. The Morgan fingerprint density at radius 2 is 2.08 bits per heavy atom. The van der Waals surface area contributed by atoms with Crippen LogP contribution in [-0.4, -0.2) is 24.6 Å². The van der Waals surface area contributed by atoms with Gasteiger partial charge in [0.1, 0.15) is 6.54 Å². The number of hydrogen-bond donors (Lipinski definition) is 0. The third kappa shape index (κ3) is 3.55. The first-order valence-electron chi connectivity index (χ1n) is 4.45. The van der Waals surface area contributed by atoms with Crippen molar-refractivity contribution in [3.05, 3.63) is 24.4 Å². The maximum atomic E-state index is 2.29. The Kier molecular flexibility index (Phi) is 5.51. The molecule has 0 aromatic carbocycles. The van der Waals surface area contributed by atoms with Crippen molar-refractivity contribution < 1.29 is 21.5 Å².